The van der Waals surface area contributed by atoms with Crippen molar-refractivity contribution in [2.24, 2.45) is 12.1 Å². The monoisotopic (exact) mass is 417 g/mol. The Bertz CT molecular complexity index is 1010. The van der Waals surface area contributed by atoms with Crippen LogP contribution in [0.4, 0.5) is 5.88 Å². The summed E-state index contributed by atoms with van der Waals surface area (Å²) >= 11 is 3.30. The van der Waals surface area contributed by atoms with Gasteiger partial charge in [-0.3, -0.25) is 19.6 Å². The quantitative estimate of drug-likeness (QED) is 0.388. The Morgan fingerprint density at radius 1 is 1.38 bits per heavy atom. The number of benzene rings is 1. The summed E-state index contributed by atoms with van der Waals surface area (Å²) in [6.07, 6.45) is 3.04. The molecular formula is C16H12BrN5O4. The molecule has 1 amide bonds. The second-order valence-corrected chi connectivity index (χ2v) is 6.04. The molecular weight excluding hydrogens is 406 g/mol. The lowest BCUT2D eigenvalue weighted by atomic mass is 10.2. The summed E-state index contributed by atoms with van der Waals surface area (Å²) in [6, 6.07) is 9.66. The Balaban J connectivity index is 1.80. The minimum atomic E-state index is -0.627. The van der Waals surface area contributed by atoms with Crippen LogP contribution in [0.1, 0.15) is 15.9 Å². The molecule has 2 heterocycles. The van der Waals surface area contributed by atoms with Crippen molar-refractivity contribution in [3.8, 4) is 11.5 Å². The van der Waals surface area contributed by atoms with Crippen LogP contribution in [0.25, 0.3) is 11.5 Å². The highest BCUT2D eigenvalue weighted by Crippen LogP contribution is 2.26. The Morgan fingerprint density at radius 3 is 2.85 bits per heavy atom. The molecule has 0 aliphatic carbocycles. The molecule has 0 atom stereocenters. The zero-order valence-electron chi connectivity index (χ0n) is 13.4. The number of carbonyl (C=O) groups is 1. The number of rotatable bonds is 5. The van der Waals surface area contributed by atoms with Gasteiger partial charge in [-0.15, -0.1) is 0 Å². The van der Waals surface area contributed by atoms with Crippen LogP contribution in [0.5, 0.6) is 0 Å². The van der Waals surface area contributed by atoms with E-state index in [9.17, 15) is 14.9 Å². The highest BCUT2D eigenvalue weighted by Gasteiger charge is 2.18. The van der Waals surface area contributed by atoms with E-state index in [1.54, 1.807) is 37.5 Å². The normalized spacial score (nSPS) is 11.0. The molecule has 0 unspecified atom stereocenters. The van der Waals surface area contributed by atoms with E-state index in [1.165, 1.54) is 23.0 Å². The highest BCUT2D eigenvalue weighted by molar-refractivity contribution is 9.10. The zero-order chi connectivity index (χ0) is 18.7. The van der Waals surface area contributed by atoms with E-state index in [0.29, 0.717) is 21.3 Å². The van der Waals surface area contributed by atoms with Gasteiger partial charge in [0, 0.05) is 23.3 Å². The fourth-order valence-electron chi connectivity index (χ4n) is 2.21. The molecule has 3 rings (SSSR count). The van der Waals surface area contributed by atoms with Crippen LogP contribution in [0.3, 0.4) is 0 Å². The SMILES string of the molecule is Cn1cc(C=NNC(=O)c2ccccc2Br)c(-c2ccc([N+](=O)[O-])o2)n1. The number of amides is 1. The average Bonchev–Trinajstić information content (AvgIpc) is 3.22. The summed E-state index contributed by atoms with van der Waals surface area (Å²) in [4.78, 5) is 22.3. The molecule has 3 aromatic rings. The number of furan rings is 1. The van der Waals surface area contributed by atoms with Crippen LogP contribution < -0.4 is 5.43 Å². The highest BCUT2D eigenvalue weighted by atomic mass is 79.9. The van der Waals surface area contributed by atoms with Gasteiger partial charge in [-0.05, 0) is 34.1 Å². The number of nitro groups is 1. The Kier molecular flexibility index (Phi) is 4.94. The number of aryl methyl sites for hydroxylation is 1. The van der Waals surface area contributed by atoms with Gasteiger partial charge in [0.15, 0.2) is 5.76 Å². The molecule has 9 nitrogen and oxygen atoms in total. The fraction of sp³-hybridized carbons (Fsp3) is 0.0625. The molecule has 0 radical (unpaired) electrons. The lowest BCUT2D eigenvalue weighted by Crippen LogP contribution is -2.18. The van der Waals surface area contributed by atoms with Gasteiger partial charge >= 0.3 is 5.88 Å². The van der Waals surface area contributed by atoms with Crippen molar-refractivity contribution < 1.29 is 14.1 Å². The predicted octanol–water partition coefficient (Wildman–Crippen LogP) is 3.11. The van der Waals surface area contributed by atoms with Gasteiger partial charge in [-0.1, -0.05) is 12.1 Å². The van der Waals surface area contributed by atoms with Crippen LogP contribution in [0.2, 0.25) is 0 Å². The van der Waals surface area contributed by atoms with Crippen molar-refractivity contribution >= 4 is 33.9 Å². The number of hydrazone groups is 1. The van der Waals surface area contributed by atoms with E-state index in [1.807, 2.05) is 0 Å². The number of nitrogens with one attached hydrogen (secondary N) is 1. The minimum Gasteiger partial charge on any atom is -0.399 e. The summed E-state index contributed by atoms with van der Waals surface area (Å²) in [6.45, 7) is 0. The summed E-state index contributed by atoms with van der Waals surface area (Å²) in [5.74, 6) is -0.528. The van der Waals surface area contributed by atoms with E-state index < -0.39 is 4.92 Å². The molecule has 1 aromatic carbocycles. The number of carbonyl (C=O) groups excluding carboxylic acids is 1. The van der Waals surface area contributed by atoms with E-state index >= 15 is 0 Å². The fourth-order valence-corrected chi connectivity index (χ4v) is 2.68. The average molecular weight is 418 g/mol. The molecule has 0 aliphatic heterocycles. The maximum Gasteiger partial charge on any atom is 0.433 e. The third kappa shape index (κ3) is 3.70. The van der Waals surface area contributed by atoms with Crippen LogP contribution in [0, 0.1) is 10.1 Å². The Labute approximate surface area is 155 Å². The lowest BCUT2D eigenvalue weighted by molar-refractivity contribution is -0.401. The largest absolute Gasteiger partial charge is 0.433 e. The summed E-state index contributed by atoms with van der Waals surface area (Å²) in [5, 5.41) is 18.9. The third-order valence-electron chi connectivity index (χ3n) is 3.35. The molecule has 0 saturated heterocycles. The van der Waals surface area contributed by atoms with Gasteiger partial charge in [-0.25, -0.2) is 5.43 Å². The van der Waals surface area contributed by atoms with Crippen molar-refractivity contribution in [1.29, 1.82) is 0 Å². The molecule has 26 heavy (non-hydrogen) atoms. The van der Waals surface area contributed by atoms with Crippen LogP contribution in [0.15, 0.2) is 56.6 Å². The maximum absolute atomic E-state index is 12.1. The van der Waals surface area contributed by atoms with Crippen molar-refractivity contribution in [2.45, 2.75) is 0 Å². The van der Waals surface area contributed by atoms with Gasteiger partial charge in [0.1, 0.15) is 10.6 Å². The number of hydrogen-bond donors (Lipinski definition) is 1. The van der Waals surface area contributed by atoms with Crippen LogP contribution in [-0.2, 0) is 7.05 Å². The van der Waals surface area contributed by atoms with Crippen molar-refractivity contribution in [3.05, 3.63) is 68.3 Å². The van der Waals surface area contributed by atoms with Crippen molar-refractivity contribution in [1.82, 2.24) is 15.2 Å². The third-order valence-corrected chi connectivity index (χ3v) is 4.04. The van der Waals surface area contributed by atoms with Crippen LogP contribution in [-0.4, -0.2) is 26.8 Å². The van der Waals surface area contributed by atoms with E-state index in [4.69, 9.17) is 4.42 Å². The first-order valence-corrected chi connectivity index (χ1v) is 8.11. The number of aromatic nitrogens is 2. The molecule has 10 heteroatoms. The van der Waals surface area contributed by atoms with E-state index in [0.717, 1.165) is 0 Å². The minimum absolute atomic E-state index is 0.232. The first-order chi connectivity index (χ1) is 12.5. The van der Waals surface area contributed by atoms with Crippen molar-refractivity contribution in [2.75, 3.05) is 0 Å². The van der Waals surface area contributed by atoms with E-state index in [-0.39, 0.29) is 17.6 Å². The zero-order valence-corrected chi connectivity index (χ0v) is 15.0. The predicted molar refractivity (Wildman–Crippen MR) is 96.8 cm³/mol. The van der Waals surface area contributed by atoms with Gasteiger partial charge in [0.05, 0.1) is 17.8 Å². The molecule has 0 saturated carbocycles. The summed E-state index contributed by atoms with van der Waals surface area (Å²) < 4.78 is 7.33. The van der Waals surface area contributed by atoms with Gasteiger partial charge < -0.3 is 4.42 Å². The molecule has 0 aliphatic rings. The summed E-state index contributed by atoms with van der Waals surface area (Å²) in [5.41, 5.74) is 3.77. The van der Waals surface area contributed by atoms with Crippen LogP contribution >= 0.6 is 15.9 Å². The Hall–Kier alpha value is -3.27. The standard InChI is InChI=1S/C16H12BrN5O4/c1-21-9-10(15(20-21)13-6-7-14(26-13)22(24)25)8-18-19-16(23)11-4-2-3-5-12(11)17/h2-9H,1H3,(H,19,23). The van der Waals surface area contributed by atoms with Gasteiger partial charge in [0.25, 0.3) is 5.91 Å². The molecule has 1 N–H and O–H groups in total. The van der Waals surface area contributed by atoms with E-state index in [2.05, 4.69) is 31.6 Å². The smallest absolute Gasteiger partial charge is 0.399 e. The number of nitrogens with zero attached hydrogens (tertiary/aromatic N) is 4. The number of hydrogen-bond acceptors (Lipinski definition) is 6. The molecule has 0 spiro atoms. The molecule has 132 valence electrons. The molecule has 0 fully saturated rings. The van der Waals surface area contributed by atoms with Crippen molar-refractivity contribution in [3.63, 3.8) is 0 Å². The summed E-state index contributed by atoms with van der Waals surface area (Å²) in [7, 11) is 1.69. The lowest BCUT2D eigenvalue weighted by Gasteiger charge is -2.01. The Morgan fingerprint density at radius 2 is 2.15 bits per heavy atom. The topological polar surface area (TPSA) is 116 Å². The molecule has 2 aromatic heterocycles. The van der Waals surface area contributed by atoms with Gasteiger partial charge in [0.2, 0.25) is 0 Å². The molecule has 0 bridgehead atoms. The number of halogens is 1. The second-order valence-electron chi connectivity index (χ2n) is 5.18. The first-order valence-electron chi connectivity index (χ1n) is 7.32. The maximum atomic E-state index is 12.1. The van der Waals surface area contributed by atoms with Gasteiger partial charge in [-0.2, -0.15) is 10.2 Å². The second kappa shape index (κ2) is 7.31. The first kappa shape index (κ1) is 17.5.